The molecule has 2 aromatic rings. The van der Waals surface area contributed by atoms with Crippen molar-refractivity contribution in [1.82, 2.24) is 0 Å². The first kappa shape index (κ1) is 19.0. The van der Waals surface area contributed by atoms with E-state index in [9.17, 15) is 30.4 Å². The highest BCUT2D eigenvalue weighted by Gasteiger charge is 2.32. The van der Waals surface area contributed by atoms with Gasteiger partial charge in [0.25, 0.3) is 10.0 Å². The molecule has 0 fully saturated rings. The van der Waals surface area contributed by atoms with E-state index in [2.05, 4.69) is 0 Å². The van der Waals surface area contributed by atoms with Crippen LogP contribution in [0.25, 0.3) is 0 Å². The minimum Gasteiger partial charge on any atom is -0.376 e. The summed E-state index contributed by atoms with van der Waals surface area (Å²) in [4.78, 5) is 0.509. The molecule has 0 aliphatic heterocycles. The molecule has 10 heteroatoms. The predicted octanol–water partition coefficient (Wildman–Crippen LogP) is 3.85. The number of halogens is 5. The second kappa shape index (κ2) is 6.51. The Morgan fingerprint density at radius 2 is 1.64 bits per heavy atom. The number of benzene rings is 2. The molecule has 4 nitrogen and oxygen atoms in total. The maximum absolute atomic E-state index is 13.7. The summed E-state index contributed by atoms with van der Waals surface area (Å²) in [5.74, 6) is -2.34. The van der Waals surface area contributed by atoms with Crippen molar-refractivity contribution in [3.05, 3.63) is 53.6 Å². The first-order chi connectivity index (χ1) is 11.4. The van der Waals surface area contributed by atoms with E-state index in [0.717, 1.165) is 18.2 Å². The Labute approximate surface area is 140 Å². The van der Waals surface area contributed by atoms with Crippen LogP contribution in [0, 0.1) is 11.6 Å². The molecule has 0 aliphatic rings. The minimum absolute atomic E-state index is 0.138. The first-order valence-electron chi connectivity index (χ1n) is 6.78. The van der Waals surface area contributed by atoms with Crippen molar-refractivity contribution < 1.29 is 30.4 Å². The fraction of sp³-hybridized carbons (Fsp3) is 0.200. The molecule has 0 saturated heterocycles. The lowest BCUT2D eigenvalue weighted by molar-refractivity contribution is -0.137. The molecule has 0 aromatic heterocycles. The second-order valence-corrected chi connectivity index (χ2v) is 6.96. The highest BCUT2D eigenvalue weighted by Crippen LogP contribution is 2.36. The Morgan fingerprint density at radius 1 is 1.00 bits per heavy atom. The Morgan fingerprint density at radius 3 is 2.16 bits per heavy atom. The molecule has 0 unspecified atom stereocenters. The lowest BCUT2D eigenvalue weighted by atomic mass is 10.1. The summed E-state index contributed by atoms with van der Waals surface area (Å²) < 4.78 is 91.8. The molecule has 0 aliphatic carbocycles. The van der Waals surface area contributed by atoms with E-state index in [1.165, 1.54) is 19.0 Å². The van der Waals surface area contributed by atoms with Gasteiger partial charge in [-0.15, -0.1) is 0 Å². The number of hydrogen-bond acceptors (Lipinski definition) is 3. The number of nitrogens with zero attached hydrogens (tertiary/aromatic N) is 1. The van der Waals surface area contributed by atoms with Gasteiger partial charge in [-0.2, -0.15) is 13.2 Å². The monoisotopic (exact) mass is 380 g/mol. The lowest BCUT2D eigenvalue weighted by Crippen LogP contribution is -2.19. The van der Waals surface area contributed by atoms with Crippen molar-refractivity contribution in [3.8, 4) is 0 Å². The number of alkyl halides is 3. The van der Waals surface area contributed by atoms with Gasteiger partial charge in [-0.25, -0.2) is 17.2 Å². The van der Waals surface area contributed by atoms with E-state index >= 15 is 0 Å². The SMILES string of the molecule is CN(C)c1ccc(C(F)(F)F)cc1NS(=O)(=O)c1ccc(F)cc1F. The number of sulfonamides is 1. The fourth-order valence-corrected chi connectivity index (χ4v) is 3.20. The zero-order chi connectivity index (χ0) is 19.0. The quantitative estimate of drug-likeness (QED) is 0.820. The molecule has 0 radical (unpaired) electrons. The predicted molar refractivity (Wildman–Crippen MR) is 82.9 cm³/mol. The van der Waals surface area contributed by atoms with Gasteiger partial charge >= 0.3 is 6.18 Å². The molecule has 0 atom stereocenters. The van der Waals surface area contributed by atoms with Crippen LogP contribution in [-0.2, 0) is 16.2 Å². The average Bonchev–Trinajstić information content (AvgIpc) is 2.44. The minimum atomic E-state index is -4.69. The zero-order valence-corrected chi connectivity index (χ0v) is 13.8. The van der Waals surface area contributed by atoms with Gasteiger partial charge in [0.1, 0.15) is 16.5 Å². The molecular formula is C15H13F5N2O2S. The normalized spacial score (nSPS) is 12.1. The van der Waals surface area contributed by atoms with Crippen molar-refractivity contribution in [2.24, 2.45) is 0 Å². The number of hydrogen-bond donors (Lipinski definition) is 1. The topological polar surface area (TPSA) is 49.4 Å². The molecular weight excluding hydrogens is 367 g/mol. The molecule has 0 spiro atoms. The van der Waals surface area contributed by atoms with Gasteiger partial charge in [0.15, 0.2) is 0 Å². The third-order valence-corrected chi connectivity index (χ3v) is 4.63. The largest absolute Gasteiger partial charge is 0.416 e. The van der Waals surface area contributed by atoms with Gasteiger partial charge in [0, 0.05) is 20.2 Å². The van der Waals surface area contributed by atoms with Crippen molar-refractivity contribution in [1.29, 1.82) is 0 Å². The smallest absolute Gasteiger partial charge is 0.376 e. The van der Waals surface area contributed by atoms with Crippen LogP contribution in [0.15, 0.2) is 41.3 Å². The molecule has 0 amide bonds. The summed E-state index contributed by atoms with van der Waals surface area (Å²) in [6.07, 6.45) is -4.69. The maximum atomic E-state index is 13.7. The third kappa shape index (κ3) is 4.19. The summed E-state index contributed by atoms with van der Waals surface area (Å²) >= 11 is 0. The molecule has 1 N–H and O–H groups in total. The molecule has 2 aromatic carbocycles. The van der Waals surface area contributed by atoms with Crippen LogP contribution >= 0.6 is 0 Å². The van der Waals surface area contributed by atoms with E-state index in [-0.39, 0.29) is 11.4 Å². The number of nitrogens with one attached hydrogen (secondary N) is 1. The summed E-state index contributed by atoms with van der Waals surface area (Å²) in [7, 11) is -1.57. The molecule has 136 valence electrons. The van der Waals surface area contributed by atoms with E-state index in [0.29, 0.717) is 18.2 Å². The van der Waals surface area contributed by atoms with Gasteiger partial charge < -0.3 is 4.90 Å². The van der Waals surface area contributed by atoms with Crippen molar-refractivity contribution in [3.63, 3.8) is 0 Å². The fourth-order valence-electron chi connectivity index (χ4n) is 2.08. The van der Waals surface area contributed by atoms with E-state index in [4.69, 9.17) is 0 Å². The van der Waals surface area contributed by atoms with Gasteiger partial charge in [0.2, 0.25) is 0 Å². The third-order valence-electron chi connectivity index (χ3n) is 3.23. The van der Waals surface area contributed by atoms with Crippen LogP contribution in [0.2, 0.25) is 0 Å². The van der Waals surface area contributed by atoms with Crippen LogP contribution in [-0.4, -0.2) is 22.5 Å². The Bertz CT molecular complexity index is 895. The Balaban J connectivity index is 2.53. The molecule has 0 saturated carbocycles. The van der Waals surface area contributed by atoms with Gasteiger partial charge in [-0.1, -0.05) is 0 Å². The van der Waals surface area contributed by atoms with E-state index in [1.54, 1.807) is 0 Å². The molecule has 2 rings (SSSR count). The maximum Gasteiger partial charge on any atom is 0.416 e. The number of rotatable bonds is 4. The first-order valence-corrected chi connectivity index (χ1v) is 8.26. The highest BCUT2D eigenvalue weighted by molar-refractivity contribution is 7.92. The standard InChI is InChI=1S/C15H13F5N2O2S/c1-22(2)13-5-3-9(15(18,19)20)7-12(13)21-25(23,24)14-6-4-10(16)8-11(14)17/h3-8,21H,1-2H3. The lowest BCUT2D eigenvalue weighted by Gasteiger charge is -2.20. The van der Waals surface area contributed by atoms with E-state index < -0.39 is 38.3 Å². The van der Waals surface area contributed by atoms with Crippen molar-refractivity contribution in [2.75, 3.05) is 23.7 Å². The van der Waals surface area contributed by atoms with Gasteiger partial charge in [-0.3, -0.25) is 4.72 Å². The summed E-state index contributed by atoms with van der Waals surface area (Å²) in [6.45, 7) is 0. The Hall–Kier alpha value is -2.36. The van der Waals surface area contributed by atoms with Crippen molar-refractivity contribution in [2.45, 2.75) is 11.1 Å². The summed E-state index contributed by atoms with van der Waals surface area (Å²) in [6, 6.07) is 4.28. The van der Waals surface area contributed by atoms with Crippen LogP contribution in [0.1, 0.15) is 5.56 Å². The van der Waals surface area contributed by atoms with Crippen LogP contribution < -0.4 is 9.62 Å². The van der Waals surface area contributed by atoms with Gasteiger partial charge in [0.05, 0.1) is 16.9 Å². The zero-order valence-electron chi connectivity index (χ0n) is 13.0. The highest BCUT2D eigenvalue weighted by atomic mass is 32.2. The van der Waals surface area contributed by atoms with Crippen LogP contribution in [0.3, 0.4) is 0 Å². The van der Waals surface area contributed by atoms with Crippen molar-refractivity contribution >= 4 is 21.4 Å². The van der Waals surface area contributed by atoms with Crippen LogP contribution in [0.4, 0.5) is 33.3 Å². The van der Waals surface area contributed by atoms with E-state index in [1.807, 2.05) is 4.72 Å². The molecule has 25 heavy (non-hydrogen) atoms. The summed E-state index contributed by atoms with van der Waals surface area (Å²) in [5.41, 5.74) is -1.32. The Kier molecular flexibility index (Phi) is 4.94. The second-order valence-electron chi connectivity index (χ2n) is 5.30. The molecule has 0 heterocycles. The average molecular weight is 380 g/mol. The molecule has 0 bridgehead atoms. The van der Waals surface area contributed by atoms with Gasteiger partial charge in [-0.05, 0) is 30.3 Å². The number of anilines is 2. The summed E-state index contributed by atoms with van der Waals surface area (Å²) in [5, 5.41) is 0. The van der Waals surface area contributed by atoms with Crippen LogP contribution in [0.5, 0.6) is 0 Å².